The predicted molar refractivity (Wildman–Crippen MR) is 217 cm³/mol. The molecule has 0 radical (unpaired) electrons. The minimum Gasteiger partial charge on any atom is -0.463 e. The lowest BCUT2D eigenvalue weighted by atomic mass is 10.0. The standard InChI is InChI=1S/C45H82O7/c1-3-5-7-9-11-13-15-17-18-19-20-21-22-23-25-27-29-31-33-37-44(49)51-39-41(46)40-52-45(50)38-34-36-43(48)42(47)35-32-30-28-26-24-16-14-12-10-8-6-4-2/h12,14,24,26,30,32,41-43,46-48H,3-11,13,15-23,25,27-29,31,33-40H2,1-2H3/b14-12-,26-24-,32-30-/t41-,42?,43?/m0/s1. The number of carbonyl (C=O) groups is 2. The third kappa shape index (κ3) is 37.8. The zero-order chi connectivity index (χ0) is 38.2. The van der Waals surface area contributed by atoms with E-state index < -0.39 is 24.3 Å². The summed E-state index contributed by atoms with van der Waals surface area (Å²) in [5.74, 6) is -0.833. The molecule has 0 aliphatic heterocycles. The van der Waals surface area contributed by atoms with E-state index in [4.69, 9.17) is 9.47 Å². The summed E-state index contributed by atoms with van der Waals surface area (Å²) in [6, 6.07) is 0. The van der Waals surface area contributed by atoms with E-state index in [2.05, 4.69) is 38.2 Å². The molecule has 0 aromatic carbocycles. The summed E-state index contributed by atoms with van der Waals surface area (Å²) in [6.45, 7) is 4.04. The first-order valence-electron chi connectivity index (χ1n) is 21.7. The van der Waals surface area contributed by atoms with Crippen molar-refractivity contribution < 1.29 is 34.4 Å². The normalized spacial score (nSPS) is 13.7. The van der Waals surface area contributed by atoms with Crippen molar-refractivity contribution in [1.82, 2.24) is 0 Å². The number of hydrogen-bond donors (Lipinski definition) is 3. The first kappa shape index (κ1) is 50.0. The molecule has 52 heavy (non-hydrogen) atoms. The van der Waals surface area contributed by atoms with Gasteiger partial charge in [-0.3, -0.25) is 9.59 Å². The average Bonchev–Trinajstić information content (AvgIpc) is 3.14. The number of rotatable bonds is 39. The van der Waals surface area contributed by atoms with E-state index in [1.54, 1.807) is 0 Å². The molecule has 0 aromatic heterocycles. The smallest absolute Gasteiger partial charge is 0.305 e. The molecule has 0 aliphatic rings. The average molecular weight is 735 g/mol. The second kappa shape index (κ2) is 40.2. The lowest BCUT2D eigenvalue weighted by molar-refractivity contribution is -0.152. The van der Waals surface area contributed by atoms with Crippen LogP contribution in [0.25, 0.3) is 0 Å². The van der Waals surface area contributed by atoms with E-state index in [9.17, 15) is 24.9 Å². The van der Waals surface area contributed by atoms with Gasteiger partial charge in [-0.15, -0.1) is 0 Å². The first-order valence-corrected chi connectivity index (χ1v) is 21.7. The number of carbonyl (C=O) groups excluding carboxylic acids is 2. The summed E-state index contributed by atoms with van der Waals surface area (Å²) < 4.78 is 10.2. The number of ether oxygens (including phenoxy) is 2. The van der Waals surface area contributed by atoms with Crippen LogP contribution in [0.4, 0.5) is 0 Å². The van der Waals surface area contributed by atoms with E-state index in [1.165, 1.54) is 122 Å². The van der Waals surface area contributed by atoms with Crippen molar-refractivity contribution in [1.29, 1.82) is 0 Å². The predicted octanol–water partition coefficient (Wildman–Crippen LogP) is 11.6. The van der Waals surface area contributed by atoms with Gasteiger partial charge in [0.2, 0.25) is 0 Å². The molecule has 304 valence electrons. The van der Waals surface area contributed by atoms with Crippen molar-refractivity contribution in [3.63, 3.8) is 0 Å². The lowest BCUT2D eigenvalue weighted by Crippen LogP contribution is -2.26. The second-order valence-corrected chi connectivity index (χ2v) is 14.8. The number of unbranched alkanes of at least 4 members (excludes halogenated alkanes) is 21. The highest BCUT2D eigenvalue weighted by Gasteiger charge is 2.16. The Morgan fingerprint density at radius 1 is 0.462 bits per heavy atom. The SMILES string of the molecule is CCCCC/C=C\C/C=C\C/C=C\CC(O)C(O)CCCC(=O)OC[C@@H](O)COC(=O)CCCCCCCCCCCCCCCCCCCCC. The minimum atomic E-state index is -1.07. The van der Waals surface area contributed by atoms with Gasteiger partial charge in [-0.05, 0) is 51.4 Å². The summed E-state index contributed by atoms with van der Waals surface area (Å²) in [5, 5.41) is 30.4. The molecule has 0 saturated carbocycles. The Bertz CT molecular complexity index is 868. The topological polar surface area (TPSA) is 113 Å². The van der Waals surface area contributed by atoms with Gasteiger partial charge in [0.05, 0.1) is 12.2 Å². The van der Waals surface area contributed by atoms with Gasteiger partial charge in [0.25, 0.3) is 0 Å². The second-order valence-electron chi connectivity index (χ2n) is 14.8. The van der Waals surface area contributed by atoms with Crippen molar-refractivity contribution in [3.05, 3.63) is 36.5 Å². The minimum absolute atomic E-state index is 0.0728. The van der Waals surface area contributed by atoms with Crippen molar-refractivity contribution in [2.75, 3.05) is 13.2 Å². The van der Waals surface area contributed by atoms with Crippen LogP contribution < -0.4 is 0 Å². The summed E-state index contributed by atoms with van der Waals surface area (Å²) >= 11 is 0. The van der Waals surface area contributed by atoms with Crippen molar-refractivity contribution >= 4 is 11.9 Å². The maximum absolute atomic E-state index is 12.0. The van der Waals surface area contributed by atoms with Gasteiger partial charge in [-0.2, -0.15) is 0 Å². The van der Waals surface area contributed by atoms with Crippen LogP contribution >= 0.6 is 0 Å². The van der Waals surface area contributed by atoms with Gasteiger partial charge < -0.3 is 24.8 Å². The Hall–Kier alpha value is -1.96. The molecule has 2 unspecified atom stereocenters. The van der Waals surface area contributed by atoms with E-state index in [-0.39, 0.29) is 32.0 Å². The van der Waals surface area contributed by atoms with Crippen molar-refractivity contribution in [2.24, 2.45) is 0 Å². The highest BCUT2D eigenvalue weighted by molar-refractivity contribution is 5.69. The van der Waals surface area contributed by atoms with Crippen molar-refractivity contribution in [2.45, 2.75) is 225 Å². The van der Waals surface area contributed by atoms with E-state index in [0.717, 1.165) is 38.5 Å². The molecule has 0 heterocycles. The van der Waals surface area contributed by atoms with E-state index in [0.29, 0.717) is 19.3 Å². The highest BCUT2D eigenvalue weighted by atomic mass is 16.6. The first-order chi connectivity index (χ1) is 25.4. The van der Waals surface area contributed by atoms with Gasteiger partial charge >= 0.3 is 11.9 Å². The third-order valence-corrected chi connectivity index (χ3v) is 9.58. The van der Waals surface area contributed by atoms with Crippen LogP contribution in [-0.4, -0.2) is 58.8 Å². The molecule has 0 bridgehead atoms. The fourth-order valence-electron chi connectivity index (χ4n) is 6.13. The van der Waals surface area contributed by atoms with Crippen LogP contribution in [0.5, 0.6) is 0 Å². The summed E-state index contributed by atoms with van der Waals surface area (Å²) in [7, 11) is 0. The Labute approximate surface area is 320 Å². The van der Waals surface area contributed by atoms with Gasteiger partial charge in [0.1, 0.15) is 19.3 Å². The van der Waals surface area contributed by atoms with Gasteiger partial charge in [0, 0.05) is 12.8 Å². The summed E-state index contributed by atoms with van der Waals surface area (Å²) in [4.78, 5) is 24.0. The molecule has 0 rings (SSSR count). The zero-order valence-corrected chi connectivity index (χ0v) is 33.8. The van der Waals surface area contributed by atoms with Crippen molar-refractivity contribution in [3.8, 4) is 0 Å². The fraction of sp³-hybridized carbons (Fsp3) is 0.822. The molecule has 0 amide bonds. The van der Waals surface area contributed by atoms with Crippen LogP contribution in [0.1, 0.15) is 206 Å². The Balaban J connectivity index is 3.61. The zero-order valence-electron chi connectivity index (χ0n) is 33.8. The molecule has 0 aliphatic carbocycles. The van der Waals surface area contributed by atoms with E-state index in [1.807, 2.05) is 12.2 Å². The highest BCUT2D eigenvalue weighted by Crippen LogP contribution is 2.15. The summed E-state index contributed by atoms with van der Waals surface area (Å²) in [5.41, 5.74) is 0. The molecule has 3 atom stereocenters. The monoisotopic (exact) mass is 735 g/mol. The maximum Gasteiger partial charge on any atom is 0.305 e. The number of hydrogen-bond acceptors (Lipinski definition) is 7. The van der Waals surface area contributed by atoms with Gasteiger partial charge in [0.15, 0.2) is 0 Å². The number of aliphatic hydroxyl groups is 3. The lowest BCUT2D eigenvalue weighted by Gasteiger charge is -2.16. The molecule has 3 N–H and O–H groups in total. The Morgan fingerprint density at radius 2 is 0.846 bits per heavy atom. The molecule has 0 spiro atoms. The number of allylic oxidation sites excluding steroid dienone is 5. The van der Waals surface area contributed by atoms with Crippen LogP contribution in [0.2, 0.25) is 0 Å². The van der Waals surface area contributed by atoms with Gasteiger partial charge in [-0.1, -0.05) is 179 Å². The third-order valence-electron chi connectivity index (χ3n) is 9.58. The van der Waals surface area contributed by atoms with Crippen LogP contribution in [0, 0.1) is 0 Å². The van der Waals surface area contributed by atoms with Crippen LogP contribution in [0.15, 0.2) is 36.5 Å². The number of esters is 2. The largest absolute Gasteiger partial charge is 0.463 e. The quantitative estimate of drug-likeness (QED) is 0.0327. The molecule has 0 saturated heterocycles. The molecular weight excluding hydrogens is 652 g/mol. The van der Waals surface area contributed by atoms with E-state index >= 15 is 0 Å². The summed E-state index contributed by atoms with van der Waals surface area (Å²) in [6.07, 6.45) is 42.4. The maximum atomic E-state index is 12.0. The molecule has 0 fully saturated rings. The Morgan fingerprint density at radius 3 is 1.33 bits per heavy atom. The van der Waals surface area contributed by atoms with Crippen LogP contribution in [0.3, 0.4) is 0 Å². The Kier molecular flexibility index (Phi) is 38.7. The molecular formula is C45H82O7. The number of aliphatic hydroxyl groups excluding tert-OH is 3. The molecule has 7 nitrogen and oxygen atoms in total. The molecule has 7 heteroatoms. The van der Waals surface area contributed by atoms with Crippen LogP contribution in [-0.2, 0) is 19.1 Å². The molecule has 0 aromatic rings. The van der Waals surface area contributed by atoms with Gasteiger partial charge in [-0.25, -0.2) is 0 Å². The fourth-order valence-corrected chi connectivity index (χ4v) is 6.13.